The predicted molar refractivity (Wildman–Crippen MR) is 80.1 cm³/mol. The molecule has 0 atom stereocenters. The lowest BCUT2D eigenvalue weighted by atomic mass is 10.1. The van der Waals surface area contributed by atoms with Crippen LogP contribution in [0, 0.1) is 6.92 Å². The van der Waals surface area contributed by atoms with Crippen molar-refractivity contribution < 1.29 is 5.11 Å². The Bertz CT molecular complexity index is 764. The van der Waals surface area contributed by atoms with Crippen molar-refractivity contribution in [2.75, 3.05) is 0 Å². The average Bonchev–Trinajstić information content (AvgIpc) is 2.75. The Labute approximate surface area is 122 Å². The monoisotopic (exact) mass is 286 g/mol. The Morgan fingerprint density at radius 3 is 2.85 bits per heavy atom. The second kappa shape index (κ2) is 5.27. The zero-order valence-electron chi connectivity index (χ0n) is 11.2. The highest BCUT2D eigenvalue weighted by molar-refractivity contribution is 6.30. The maximum absolute atomic E-state index is 9.62. The molecule has 0 radical (unpaired) electrons. The lowest BCUT2D eigenvalue weighted by Crippen LogP contribution is -1.98. The summed E-state index contributed by atoms with van der Waals surface area (Å²) >= 11 is 6.01. The highest BCUT2D eigenvalue weighted by Gasteiger charge is 2.12. The smallest absolute Gasteiger partial charge is 0.137 e. The third kappa shape index (κ3) is 2.42. The summed E-state index contributed by atoms with van der Waals surface area (Å²) in [5.41, 5.74) is 4.90. The van der Waals surface area contributed by atoms with Crippen LogP contribution in [0.1, 0.15) is 22.5 Å². The topological polar surface area (TPSA) is 37.5 Å². The predicted octanol–water partition coefficient (Wildman–Crippen LogP) is 3.38. The minimum Gasteiger partial charge on any atom is -0.390 e. The maximum Gasteiger partial charge on any atom is 0.137 e. The molecule has 0 aliphatic rings. The normalized spacial score (nSPS) is 11.2. The van der Waals surface area contributed by atoms with Gasteiger partial charge in [0, 0.05) is 12.6 Å². The van der Waals surface area contributed by atoms with Crippen molar-refractivity contribution in [2.24, 2.45) is 0 Å². The molecule has 3 rings (SSSR count). The fraction of sp³-hybridized carbons (Fsp3) is 0.188. The van der Waals surface area contributed by atoms with E-state index in [1.165, 1.54) is 11.1 Å². The van der Waals surface area contributed by atoms with Gasteiger partial charge >= 0.3 is 0 Å². The Kier molecular flexibility index (Phi) is 3.47. The molecule has 0 amide bonds. The Morgan fingerprint density at radius 2 is 2.10 bits per heavy atom. The van der Waals surface area contributed by atoms with Crippen LogP contribution in [-0.2, 0) is 13.0 Å². The summed E-state index contributed by atoms with van der Waals surface area (Å²) in [5.74, 6) is 0. The van der Waals surface area contributed by atoms with Crippen LogP contribution in [0.5, 0.6) is 0 Å². The van der Waals surface area contributed by atoms with Crippen molar-refractivity contribution in [2.45, 2.75) is 20.0 Å². The van der Waals surface area contributed by atoms with Gasteiger partial charge in [-0.15, -0.1) is 0 Å². The van der Waals surface area contributed by atoms with Gasteiger partial charge in [0.2, 0.25) is 0 Å². The van der Waals surface area contributed by atoms with Gasteiger partial charge in [-0.25, -0.2) is 4.98 Å². The van der Waals surface area contributed by atoms with E-state index >= 15 is 0 Å². The summed E-state index contributed by atoms with van der Waals surface area (Å²) in [4.78, 5) is 4.59. The van der Waals surface area contributed by atoms with Crippen LogP contribution in [0.15, 0.2) is 42.6 Å². The van der Waals surface area contributed by atoms with Crippen LogP contribution >= 0.6 is 11.6 Å². The van der Waals surface area contributed by atoms with Gasteiger partial charge in [0.1, 0.15) is 5.65 Å². The molecule has 2 aromatic heterocycles. The largest absolute Gasteiger partial charge is 0.390 e. The van der Waals surface area contributed by atoms with E-state index in [1.807, 2.05) is 22.6 Å². The summed E-state index contributed by atoms with van der Waals surface area (Å²) < 4.78 is 1.85. The van der Waals surface area contributed by atoms with Gasteiger partial charge < -0.3 is 5.11 Å². The number of benzene rings is 1. The van der Waals surface area contributed by atoms with Crippen molar-refractivity contribution >= 4 is 17.2 Å². The fourth-order valence-electron chi connectivity index (χ4n) is 2.44. The van der Waals surface area contributed by atoms with Crippen molar-refractivity contribution in [1.82, 2.24) is 9.38 Å². The number of imidazole rings is 1. The lowest BCUT2D eigenvalue weighted by Gasteiger charge is -2.03. The fourth-order valence-corrected chi connectivity index (χ4v) is 2.60. The number of rotatable bonds is 3. The molecule has 3 aromatic rings. The first-order valence-corrected chi connectivity index (χ1v) is 6.87. The van der Waals surface area contributed by atoms with E-state index in [9.17, 15) is 5.11 Å². The van der Waals surface area contributed by atoms with Gasteiger partial charge in [-0.2, -0.15) is 0 Å². The van der Waals surface area contributed by atoms with Crippen LogP contribution in [0.4, 0.5) is 0 Å². The van der Waals surface area contributed by atoms with E-state index < -0.39 is 0 Å². The number of aliphatic hydroxyl groups is 1. The standard InChI is InChI=1S/C16H15ClN2O/c1-11-3-2-4-12(7-11)8-14-15(10-20)19-9-13(17)5-6-16(19)18-14/h2-7,9,20H,8,10H2,1H3. The molecule has 0 saturated carbocycles. The number of halogens is 1. The minimum absolute atomic E-state index is 0.0529. The van der Waals surface area contributed by atoms with E-state index in [4.69, 9.17) is 11.6 Å². The molecule has 0 saturated heterocycles. The Hall–Kier alpha value is -1.84. The molecule has 102 valence electrons. The summed E-state index contributed by atoms with van der Waals surface area (Å²) in [6, 6.07) is 12.0. The third-order valence-electron chi connectivity index (χ3n) is 3.37. The number of aromatic nitrogens is 2. The molecule has 0 spiro atoms. The number of hydrogen-bond donors (Lipinski definition) is 1. The lowest BCUT2D eigenvalue weighted by molar-refractivity contribution is 0.274. The van der Waals surface area contributed by atoms with Crippen molar-refractivity contribution in [3.8, 4) is 0 Å². The van der Waals surface area contributed by atoms with Crippen LogP contribution in [0.25, 0.3) is 5.65 Å². The number of pyridine rings is 1. The number of fused-ring (bicyclic) bond motifs is 1. The first-order chi connectivity index (χ1) is 9.67. The van der Waals surface area contributed by atoms with E-state index in [2.05, 4.69) is 30.1 Å². The number of aliphatic hydroxyl groups excluding tert-OH is 1. The quantitative estimate of drug-likeness (QED) is 0.801. The van der Waals surface area contributed by atoms with Gasteiger partial charge in [-0.1, -0.05) is 41.4 Å². The molecule has 2 heterocycles. The van der Waals surface area contributed by atoms with Crippen LogP contribution in [-0.4, -0.2) is 14.5 Å². The number of aryl methyl sites for hydroxylation is 1. The molecule has 1 N–H and O–H groups in total. The summed E-state index contributed by atoms with van der Waals surface area (Å²) in [6.45, 7) is 2.02. The third-order valence-corrected chi connectivity index (χ3v) is 3.59. The highest BCUT2D eigenvalue weighted by atomic mass is 35.5. The average molecular weight is 287 g/mol. The SMILES string of the molecule is Cc1cccc(Cc2nc3ccc(Cl)cn3c2CO)c1. The molecule has 0 unspecified atom stereocenters. The highest BCUT2D eigenvalue weighted by Crippen LogP contribution is 2.19. The van der Waals surface area contributed by atoms with Gasteiger partial charge in [-0.05, 0) is 24.6 Å². The van der Waals surface area contributed by atoms with E-state index in [-0.39, 0.29) is 6.61 Å². The van der Waals surface area contributed by atoms with Crippen LogP contribution in [0.3, 0.4) is 0 Å². The van der Waals surface area contributed by atoms with Crippen molar-refractivity contribution in [1.29, 1.82) is 0 Å². The molecular weight excluding hydrogens is 272 g/mol. The number of nitrogens with zero attached hydrogens (tertiary/aromatic N) is 2. The van der Waals surface area contributed by atoms with Crippen molar-refractivity contribution in [3.63, 3.8) is 0 Å². The second-order valence-corrected chi connectivity index (χ2v) is 5.34. The van der Waals surface area contributed by atoms with Gasteiger partial charge in [-0.3, -0.25) is 4.40 Å². The van der Waals surface area contributed by atoms with E-state index in [0.29, 0.717) is 11.4 Å². The number of hydrogen-bond acceptors (Lipinski definition) is 2. The molecular formula is C16H15ClN2O. The van der Waals surface area contributed by atoms with Crippen LogP contribution < -0.4 is 0 Å². The molecule has 0 bridgehead atoms. The van der Waals surface area contributed by atoms with Gasteiger partial charge in [0.25, 0.3) is 0 Å². The molecule has 20 heavy (non-hydrogen) atoms. The summed E-state index contributed by atoms with van der Waals surface area (Å²) in [5, 5.41) is 10.3. The maximum atomic E-state index is 9.62. The second-order valence-electron chi connectivity index (χ2n) is 4.90. The zero-order valence-corrected chi connectivity index (χ0v) is 11.9. The van der Waals surface area contributed by atoms with Crippen molar-refractivity contribution in [3.05, 3.63) is 70.1 Å². The van der Waals surface area contributed by atoms with Gasteiger partial charge in [0.05, 0.1) is 23.0 Å². The molecule has 0 aliphatic carbocycles. The molecule has 3 nitrogen and oxygen atoms in total. The van der Waals surface area contributed by atoms with E-state index in [0.717, 1.165) is 17.0 Å². The molecule has 1 aromatic carbocycles. The Morgan fingerprint density at radius 1 is 1.25 bits per heavy atom. The summed E-state index contributed by atoms with van der Waals surface area (Å²) in [7, 11) is 0. The summed E-state index contributed by atoms with van der Waals surface area (Å²) in [6.07, 6.45) is 2.49. The molecule has 4 heteroatoms. The first kappa shape index (κ1) is 13.2. The molecule has 0 fully saturated rings. The zero-order chi connectivity index (χ0) is 14.1. The Balaban J connectivity index is 2.07. The van der Waals surface area contributed by atoms with Crippen LogP contribution in [0.2, 0.25) is 5.02 Å². The van der Waals surface area contributed by atoms with Gasteiger partial charge in [0.15, 0.2) is 0 Å². The first-order valence-electron chi connectivity index (χ1n) is 6.49. The minimum atomic E-state index is -0.0529. The van der Waals surface area contributed by atoms with E-state index in [1.54, 1.807) is 6.20 Å². The molecule has 0 aliphatic heterocycles.